The Balaban J connectivity index is 0.00000243. The Morgan fingerprint density at radius 3 is 2.65 bits per heavy atom. The number of hydrogen-bond acceptors (Lipinski definition) is 5. The lowest BCUT2D eigenvalue weighted by Crippen LogP contribution is -2.46. The van der Waals surface area contributed by atoms with Crippen molar-refractivity contribution < 1.29 is 18.3 Å². The fraction of sp³-hybridized carbons (Fsp3) is 0.389. The molecule has 26 heavy (non-hydrogen) atoms. The highest BCUT2D eigenvalue weighted by Gasteiger charge is 2.13. The molecule has 0 atom stereocenters. The molecular weight excluding hydrogens is 361 g/mol. The molecular formula is C18H23ClFN3O3. The second-order valence-corrected chi connectivity index (χ2v) is 5.86. The van der Waals surface area contributed by atoms with Crippen LogP contribution in [0.2, 0.25) is 0 Å². The van der Waals surface area contributed by atoms with Gasteiger partial charge < -0.3 is 19.8 Å². The number of nitrogens with one attached hydrogen (secondary N) is 2. The van der Waals surface area contributed by atoms with Crippen molar-refractivity contribution in [3.8, 4) is 5.75 Å². The summed E-state index contributed by atoms with van der Waals surface area (Å²) in [6.07, 6.45) is 0. The lowest BCUT2D eigenvalue weighted by Gasteiger charge is -2.26. The van der Waals surface area contributed by atoms with Crippen molar-refractivity contribution in [2.24, 2.45) is 0 Å². The highest BCUT2D eigenvalue weighted by molar-refractivity contribution is 5.91. The number of piperazine rings is 1. The SMILES string of the molecule is Cl.O=C(NCCN1CCNCC1)c1ccc(COc2ccc(F)cc2)o1. The molecule has 1 saturated heterocycles. The molecule has 2 heterocycles. The van der Waals surface area contributed by atoms with Crippen LogP contribution >= 0.6 is 12.4 Å². The Morgan fingerprint density at radius 2 is 1.92 bits per heavy atom. The Bertz CT molecular complexity index is 687. The molecule has 0 spiro atoms. The third kappa shape index (κ3) is 6.01. The summed E-state index contributed by atoms with van der Waals surface area (Å²) in [6.45, 7) is 5.57. The maximum absolute atomic E-state index is 12.8. The molecule has 8 heteroatoms. The fourth-order valence-corrected chi connectivity index (χ4v) is 2.61. The molecule has 1 aromatic heterocycles. The zero-order valence-electron chi connectivity index (χ0n) is 14.4. The van der Waals surface area contributed by atoms with Gasteiger partial charge in [-0.25, -0.2) is 4.39 Å². The molecule has 1 fully saturated rings. The largest absolute Gasteiger partial charge is 0.486 e. The van der Waals surface area contributed by atoms with Crippen LogP contribution in [-0.2, 0) is 6.61 Å². The van der Waals surface area contributed by atoms with E-state index in [-0.39, 0.29) is 36.5 Å². The molecule has 6 nitrogen and oxygen atoms in total. The highest BCUT2D eigenvalue weighted by atomic mass is 35.5. The van der Waals surface area contributed by atoms with E-state index in [1.165, 1.54) is 12.1 Å². The number of carbonyl (C=O) groups excluding carboxylic acids is 1. The Hall–Kier alpha value is -2.09. The predicted molar refractivity (Wildman–Crippen MR) is 98.3 cm³/mol. The van der Waals surface area contributed by atoms with Gasteiger partial charge >= 0.3 is 0 Å². The molecule has 0 unspecified atom stereocenters. The van der Waals surface area contributed by atoms with Gasteiger partial charge in [0.2, 0.25) is 0 Å². The first-order valence-electron chi connectivity index (χ1n) is 8.39. The van der Waals surface area contributed by atoms with Gasteiger partial charge in [-0.2, -0.15) is 0 Å². The predicted octanol–water partition coefficient (Wildman–Crippen LogP) is 2.05. The number of nitrogens with zero attached hydrogens (tertiary/aromatic N) is 1. The fourth-order valence-electron chi connectivity index (χ4n) is 2.61. The summed E-state index contributed by atoms with van der Waals surface area (Å²) in [6, 6.07) is 9.08. The standard InChI is InChI=1S/C18H22FN3O3.ClH/c19-14-1-3-15(4-2-14)24-13-16-5-6-17(25-16)18(23)21-9-12-22-10-7-20-8-11-22;/h1-6,20H,7-13H2,(H,21,23);1H. The zero-order valence-corrected chi connectivity index (χ0v) is 15.2. The number of ether oxygens (including phenoxy) is 1. The van der Waals surface area contributed by atoms with Crippen LogP contribution in [0.5, 0.6) is 5.75 Å². The van der Waals surface area contributed by atoms with Gasteiger partial charge in [-0.05, 0) is 36.4 Å². The van der Waals surface area contributed by atoms with E-state index in [9.17, 15) is 9.18 Å². The third-order valence-electron chi connectivity index (χ3n) is 4.00. The number of furan rings is 1. The van der Waals surface area contributed by atoms with Crippen molar-refractivity contribution in [1.29, 1.82) is 0 Å². The van der Waals surface area contributed by atoms with E-state index in [0.717, 1.165) is 32.7 Å². The van der Waals surface area contributed by atoms with Crippen LogP contribution in [0.3, 0.4) is 0 Å². The summed E-state index contributed by atoms with van der Waals surface area (Å²) < 4.78 is 23.8. The first-order chi connectivity index (χ1) is 12.2. The molecule has 0 bridgehead atoms. The molecule has 1 amide bonds. The van der Waals surface area contributed by atoms with Gasteiger partial charge in [0.15, 0.2) is 5.76 Å². The van der Waals surface area contributed by atoms with E-state index in [0.29, 0.717) is 18.1 Å². The molecule has 0 radical (unpaired) electrons. The van der Waals surface area contributed by atoms with Gasteiger partial charge in [0, 0.05) is 39.3 Å². The average Bonchev–Trinajstić information content (AvgIpc) is 3.11. The van der Waals surface area contributed by atoms with Gasteiger partial charge in [-0.1, -0.05) is 0 Å². The molecule has 0 saturated carbocycles. The normalized spacial score (nSPS) is 14.5. The quantitative estimate of drug-likeness (QED) is 0.766. The molecule has 0 aliphatic carbocycles. The van der Waals surface area contributed by atoms with Crippen molar-refractivity contribution in [3.63, 3.8) is 0 Å². The Morgan fingerprint density at radius 1 is 1.19 bits per heavy atom. The minimum atomic E-state index is -0.315. The molecule has 2 aromatic rings. The lowest BCUT2D eigenvalue weighted by molar-refractivity contribution is 0.0915. The van der Waals surface area contributed by atoms with Crippen LogP contribution in [0, 0.1) is 5.82 Å². The van der Waals surface area contributed by atoms with Gasteiger partial charge in [0.1, 0.15) is 23.9 Å². The number of amides is 1. The van der Waals surface area contributed by atoms with Crippen molar-refractivity contribution in [2.45, 2.75) is 6.61 Å². The van der Waals surface area contributed by atoms with E-state index in [2.05, 4.69) is 15.5 Å². The van der Waals surface area contributed by atoms with Gasteiger partial charge in [-0.15, -0.1) is 12.4 Å². The van der Waals surface area contributed by atoms with Gasteiger partial charge in [0.25, 0.3) is 5.91 Å². The second kappa shape index (κ2) is 10.2. The second-order valence-electron chi connectivity index (χ2n) is 5.86. The molecule has 1 aliphatic rings. The van der Waals surface area contributed by atoms with Crippen molar-refractivity contribution in [2.75, 3.05) is 39.3 Å². The average molecular weight is 384 g/mol. The molecule has 1 aromatic carbocycles. The molecule has 142 valence electrons. The Kier molecular flexibility index (Phi) is 7.90. The Labute approximate surface area is 158 Å². The van der Waals surface area contributed by atoms with E-state index < -0.39 is 0 Å². The summed E-state index contributed by atoms with van der Waals surface area (Å²) in [4.78, 5) is 14.4. The van der Waals surface area contributed by atoms with E-state index in [4.69, 9.17) is 9.15 Å². The maximum Gasteiger partial charge on any atom is 0.287 e. The number of benzene rings is 1. The maximum atomic E-state index is 12.8. The number of halogens is 2. The van der Waals surface area contributed by atoms with Crippen LogP contribution < -0.4 is 15.4 Å². The summed E-state index contributed by atoms with van der Waals surface area (Å²) in [7, 11) is 0. The molecule has 1 aliphatic heterocycles. The van der Waals surface area contributed by atoms with Crippen LogP contribution in [0.15, 0.2) is 40.8 Å². The number of carbonyl (C=O) groups is 1. The minimum Gasteiger partial charge on any atom is -0.486 e. The lowest BCUT2D eigenvalue weighted by atomic mass is 10.3. The molecule has 3 rings (SSSR count). The summed E-state index contributed by atoms with van der Waals surface area (Å²) >= 11 is 0. The van der Waals surface area contributed by atoms with Gasteiger partial charge in [-0.3, -0.25) is 9.69 Å². The summed E-state index contributed by atoms with van der Waals surface area (Å²) in [5.41, 5.74) is 0. The van der Waals surface area contributed by atoms with Crippen LogP contribution in [-0.4, -0.2) is 50.1 Å². The van der Waals surface area contributed by atoms with Gasteiger partial charge in [0.05, 0.1) is 0 Å². The van der Waals surface area contributed by atoms with Crippen molar-refractivity contribution >= 4 is 18.3 Å². The minimum absolute atomic E-state index is 0. The van der Waals surface area contributed by atoms with Crippen LogP contribution in [0.25, 0.3) is 0 Å². The monoisotopic (exact) mass is 383 g/mol. The van der Waals surface area contributed by atoms with Crippen LogP contribution in [0.4, 0.5) is 4.39 Å². The summed E-state index contributed by atoms with van der Waals surface area (Å²) in [5, 5.41) is 6.16. The first kappa shape index (κ1) is 20.2. The number of rotatable bonds is 7. The van der Waals surface area contributed by atoms with Crippen molar-refractivity contribution in [3.05, 3.63) is 53.7 Å². The first-order valence-corrected chi connectivity index (χ1v) is 8.39. The topological polar surface area (TPSA) is 66.7 Å². The highest BCUT2D eigenvalue weighted by Crippen LogP contribution is 2.15. The van der Waals surface area contributed by atoms with E-state index in [1.807, 2.05) is 0 Å². The summed E-state index contributed by atoms with van der Waals surface area (Å²) in [5.74, 6) is 0.794. The smallest absolute Gasteiger partial charge is 0.287 e. The molecule has 2 N–H and O–H groups in total. The van der Waals surface area contributed by atoms with E-state index >= 15 is 0 Å². The number of hydrogen-bond donors (Lipinski definition) is 2. The van der Waals surface area contributed by atoms with Crippen LogP contribution in [0.1, 0.15) is 16.3 Å². The van der Waals surface area contributed by atoms with Crippen molar-refractivity contribution in [1.82, 2.24) is 15.5 Å². The zero-order chi connectivity index (χ0) is 17.5. The van der Waals surface area contributed by atoms with E-state index in [1.54, 1.807) is 24.3 Å². The third-order valence-corrected chi connectivity index (χ3v) is 4.00.